The van der Waals surface area contributed by atoms with Crippen LogP contribution in [0.1, 0.15) is 24.5 Å². The summed E-state index contributed by atoms with van der Waals surface area (Å²) >= 11 is 1.29. The average Bonchev–Trinajstić information content (AvgIpc) is 3.11. The van der Waals surface area contributed by atoms with Gasteiger partial charge in [-0.3, -0.25) is 4.79 Å². The number of fused-ring (bicyclic) bond motifs is 2. The van der Waals surface area contributed by atoms with Crippen molar-refractivity contribution in [3.63, 3.8) is 0 Å². The summed E-state index contributed by atoms with van der Waals surface area (Å²) in [5.41, 5.74) is 0.859. The Balaban J connectivity index is 1.87. The lowest BCUT2D eigenvalue weighted by Gasteiger charge is -2.45. The number of hydrogen-bond donors (Lipinski definition) is 1. The Labute approximate surface area is 172 Å². The first-order chi connectivity index (χ1) is 14.0. The van der Waals surface area contributed by atoms with Crippen molar-refractivity contribution in [1.82, 2.24) is 10.3 Å². The van der Waals surface area contributed by atoms with Gasteiger partial charge in [0.15, 0.2) is 4.87 Å². The average molecular weight is 417 g/mol. The molecule has 0 aromatic heterocycles. The van der Waals surface area contributed by atoms with Crippen LogP contribution < -0.4 is 10.1 Å². The van der Waals surface area contributed by atoms with Crippen molar-refractivity contribution >= 4 is 22.7 Å². The number of nitrogens with zero attached hydrogens (tertiary/aromatic N) is 2. The molecule has 0 saturated carbocycles. The van der Waals surface area contributed by atoms with E-state index in [4.69, 9.17) is 4.74 Å². The van der Waals surface area contributed by atoms with Crippen molar-refractivity contribution in [3.8, 4) is 5.75 Å². The number of hydrazone groups is 1. The number of nitrogens with one attached hydrogen (secondary N) is 1. The molecule has 2 aliphatic rings. The molecule has 0 radical (unpaired) electrons. The summed E-state index contributed by atoms with van der Waals surface area (Å²) in [4.78, 5) is 11.8. The molecule has 0 saturated heterocycles. The summed E-state index contributed by atoms with van der Waals surface area (Å²) in [5.74, 6) is -0.834. The number of thioether (sulfide) groups is 1. The van der Waals surface area contributed by atoms with Gasteiger partial charge in [-0.15, -0.1) is 0 Å². The summed E-state index contributed by atoms with van der Waals surface area (Å²) in [5, 5.41) is 9.30. The summed E-state index contributed by atoms with van der Waals surface area (Å²) in [6.07, 6.45) is 0.718. The molecule has 2 aromatic rings. The van der Waals surface area contributed by atoms with Crippen LogP contribution in [0.4, 0.5) is 8.78 Å². The maximum atomic E-state index is 14.5. The molecule has 5 nitrogen and oxygen atoms in total. The third-order valence-corrected chi connectivity index (χ3v) is 6.76. The first-order valence-electron chi connectivity index (χ1n) is 9.38. The van der Waals surface area contributed by atoms with Gasteiger partial charge in [0, 0.05) is 24.0 Å². The van der Waals surface area contributed by atoms with Crippen molar-refractivity contribution in [2.75, 3.05) is 20.2 Å². The van der Waals surface area contributed by atoms with E-state index in [0.717, 1.165) is 30.2 Å². The summed E-state index contributed by atoms with van der Waals surface area (Å²) in [6.45, 7) is 2.54. The lowest BCUT2D eigenvalue weighted by atomic mass is 9.86. The maximum absolute atomic E-state index is 14.5. The monoisotopic (exact) mass is 417 g/mol. The van der Waals surface area contributed by atoms with Crippen molar-refractivity contribution in [2.24, 2.45) is 11.0 Å². The van der Waals surface area contributed by atoms with Crippen LogP contribution in [0, 0.1) is 17.6 Å². The summed E-state index contributed by atoms with van der Waals surface area (Å²) in [6, 6.07) is 10.8. The fraction of sp³-hybridized carbons (Fsp3) is 0.333. The molecular weight excluding hydrogens is 396 g/mol. The van der Waals surface area contributed by atoms with Gasteiger partial charge < -0.3 is 10.1 Å². The highest BCUT2D eigenvalue weighted by molar-refractivity contribution is 8.15. The van der Waals surface area contributed by atoms with Crippen molar-refractivity contribution in [3.05, 3.63) is 65.2 Å². The van der Waals surface area contributed by atoms with Gasteiger partial charge in [0.1, 0.15) is 22.4 Å². The van der Waals surface area contributed by atoms with E-state index in [0.29, 0.717) is 18.9 Å². The Kier molecular flexibility index (Phi) is 5.31. The molecule has 2 aromatic carbocycles. The normalized spacial score (nSPS) is 23.0. The first kappa shape index (κ1) is 19.8. The van der Waals surface area contributed by atoms with Crippen LogP contribution in [0.5, 0.6) is 5.75 Å². The number of hydrogen-bond acceptors (Lipinski definition) is 5. The van der Waals surface area contributed by atoms with Gasteiger partial charge in [-0.05, 0) is 44.3 Å². The zero-order valence-electron chi connectivity index (χ0n) is 16.1. The standard InChI is InChI=1S/C21H21F2N3O2S/c1-13(27)26-21(29-20(25-26)16-11-15(22)7-8-18(16)23)14(9-10-24-2)12-28-19-6-4-3-5-17(19)21/h3-8,11,14,24H,9-10,12H2,1-2H3. The van der Waals surface area contributed by atoms with E-state index in [-0.39, 0.29) is 22.4 Å². The van der Waals surface area contributed by atoms with Gasteiger partial charge in [-0.2, -0.15) is 5.10 Å². The van der Waals surface area contributed by atoms with Gasteiger partial charge in [-0.25, -0.2) is 13.8 Å². The van der Waals surface area contributed by atoms with E-state index in [1.807, 2.05) is 31.3 Å². The zero-order chi connectivity index (χ0) is 20.6. The van der Waals surface area contributed by atoms with Gasteiger partial charge in [0.2, 0.25) is 5.91 Å². The van der Waals surface area contributed by atoms with Crippen LogP contribution in [0.3, 0.4) is 0 Å². The Morgan fingerprint density at radius 1 is 1.34 bits per heavy atom. The number of benzene rings is 2. The maximum Gasteiger partial charge on any atom is 0.241 e. The lowest BCUT2D eigenvalue weighted by Crippen LogP contribution is -2.51. The van der Waals surface area contributed by atoms with Crippen LogP contribution >= 0.6 is 11.8 Å². The number of ether oxygens (including phenoxy) is 1. The Hall–Kier alpha value is -2.45. The van der Waals surface area contributed by atoms with Gasteiger partial charge in [0.05, 0.1) is 6.61 Å². The van der Waals surface area contributed by atoms with E-state index in [1.165, 1.54) is 23.7 Å². The minimum Gasteiger partial charge on any atom is -0.493 e. The molecule has 0 fully saturated rings. The second-order valence-electron chi connectivity index (χ2n) is 7.05. The number of carbonyl (C=O) groups excluding carboxylic acids is 1. The van der Waals surface area contributed by atoms with Crippen molar-refractivity contribution in [1.29, 1.82) is 0 Å². The molecule has 152 valence electrons. The van der Waals surface area contributed by atoms with Gasteiger partial charge in [-0.1, -0.05) is 30.0 Å². The first-order valence-corrected chi connectivity index (χ1v) is 10.2. The fourth-order valence-corrected chi connectivity index (χ4v) is 5.46. The molecule has 2 aliphatic heterocycles. The van der Waals surface area contributed by atoms with Gasteiger partial charge in [0.25, 0.3) is 0 Å². The number of amides is 1. The Morgan fingerprint density at radius 3 is 2.90 bits per heavy atom. The van der Waals surface area contributed by atoms with E-state index in [9.17, 15) is 13.6 Å². The number of para-hydroxylation sites is 1. The fourth-order valence-electron chi connectivity index (χ4n) is 3.89. The topological polar surface area (TPSA) is 53.9 Å². The summed E-state index contributed by atoms with van der Waals surface area (Å²) in [7, 11) is 1.86. The van der Waals surface area contributed by atoms with Crippen LogP contribution in [-0.4, -0.2) is 36.2 Å². The van der Waals surface area contributed by atoms with Crippen molar-refractivity contribution < 1.29 is 18.3 Å². The highest BCUT2D eigenvalue weighted by Crippen LogP contribution is 2.57. The predicted molar refractivity (Wildman–Crippen MR) is 109 cm³/mol. The van der Waals surface area contributed by atoms with Crippen LogP contribution in [0.15, 0.2) is 47.6 Å². The van der Waals surface area contributed by atoms with E-state index < -0.39 is 16.5 Å². The quantitative estimate of drug-likeness (QED) is 0.825. The number of halogens is 2. The van der Waals surface area contributed by atoms with E-state index in [2.05, 4.69) is 10.4 Å². The molecule has 0 bridgehead atoms. The zero-order valence-corrected chi connectivity index (χ0v) is 16.9. The molecule has 8 heteroatoms. The molecule has 1 spiro atoms. The third-order valence-electron chi connectivity index (χ3n) is 5.22. The largest absolute Gasteiger partial charge is 0.493 e. The number of rotatable bonds is 4. The minimum atomic E-state index is -0.883. The molecule has 2 unspecified atom stereocenters. The van der Waals surface area contributed by atoms with Crippen LogP contribution in [0.25, 0.3) is 0 Å². The molecule has 0 aliphatic carbocycles. The van der Waals surface area contributed by atoms with Gasteiger partial charge >= 0.3 is 0 Å². The lowest BCUT2D eigenvalue weighted by molar-refractivity contribution is -0.134. The smallest absolute Gasteiger partial charge is 0.241 e. The molecule has 29 heavy (non-hydrogen) atoms. The molecule has 2 atom stereocenters. The highest BCUT2D eigenvalue weighted by atomic mass is 32.2. The highest BCUT2D eigenvalue weighted by Gasteiger charge is 2.56. The molecule has 4 rings (SSSR count). The second kappa shape index (κ2) is 7.76. The van der Waals surface area contributed by atoms with E-state index >= 15 is 0 Å². The molecular formula is C21H21F2N3O2S. The van der Waals surface area contributed by atoms with E-state index in [1.54, 1.807) is 0 Å². The predicted octanol–water partition coefficient (Wildman–Crippen LogP) is 3.69. The number of carbonyl (C=O) groups is 1. The summed E-state index contributed by atoms with van der Waals surface area (Å²) < 4.78 is 34.3. The molecule has 2 heterocycles. The van der Waals surface area contributed by atoms with Crippen LogP contribution in [0.2, 0.25) is 0 Å². The SMILES string of the molecule is CNCCC1COc2ccccc2C12SC(c1cc(F)ccc1F)=NN2C(C)=O. The van der Waals surface area contributed by atoms with Crippen LogP contribution in [-0.2, 0) is 9.67 Å². The second-order valence-corrected chi connectivity index (χ2v) is 8.27. The van der Waals surface area contributed by atoms with Crippen molar-refractivity contribution in [2.45, 2.75) is 18.2 Å². The Bertz CT molecular complexity index is 984. The Morgan fingerprint density at radius 2 is 2.14 bits per heavy atom. The minimum absolute atomic E-state index is 0.0504. The molecule has 1 amide bonds. The third kappa shape index (κ3) is 3.30. The molecule has 1 N–H and O–H groups in total.